The predicted molar refractivity (Wildman–Crippen MR) is 61.1 cm³/mol. The van der Waals surface area contributed by atoms with Crippen molar-refractivity contribution >= 4 is 15.9 Å². The van der Waals surface area contributed by atoms with Crippen LogP contribution in [0.5, 0.6) is 11.5 Å². The Labute approximate surface area is 96.8 Å². The highest BCUT2D eigenvalue weighted by Crippen LogP contribution is 2.35. The van der Waals surface area contributed by atoms with Gasteiger partial charge in [-0.25, -0.2) is 0 Å². The van der Waals surface area contributed by atoms with Crippen LogP contribution in [-0.2, 0) is 6.42 Å². The number of hydrogen-bond donors (Lipinski definition) is 3. The number of aliphatic hydroxyl groups is 1. The summed E-state index contributed by atoms with van der Waals surface area (Å²) in [6, 6.07) is 3.16. The van der Waals surface area contributed by atoms with Crippen molar-refractivity contribution in [1.82, 2.24) is 0 Å². The molecule has 0 saturated carbocycles. The number of aromatic hydroxyl groups is 1. The third kappa shape index (κ3) is 3.09. The Hall–Kier alpha value is -0.780. The Kier molecular flexibility index (Phi) is 4.38. The van der Waals surface area contributed by atoms with E-state index < -0.39 is 0 Å². The van der Waals surface area contributed by atoms with Crippen molar-refractivity contribution in [3.8, 4) is 11.5 Å². The van der Waals surface area contributed by atoms with E-state index in [-0.39, 0.29) is 18.4 Å². The maximum absolute atomic E-state index is 9.56. The average Bonchev–Trinajstić information content (AvgIpc) is 2.22. The van der Waals surface area contributed by atoms with Gasteiger partial charge in [0.1, 0.15) is 0 Å². The van der Waals surface area contributed by atoms with Crippen molar-refractivity contribution in [3.63, 3.8) is 0 Å². The van der Waals surface area contributed by atoms with Crippen molar-refractivity contribution in [1.29, 1.82) is 0 Å². The van der Waals surface area contributed by atoms with E-state index in [0.29, 0.717) is 16.6 Å². The van der Waals surface area contributed by atoms with Crippen LogP contribution < -0.4 is 10.5 Å². The summed E-state index contributed by atoms with van der Waals surface area (Å²) in [6.45, 7) is -0.0686. The number of aliphatic hydroxyl groups excluding tert-OH is 1. The molecule has 1 aromatic carbocycles. The van der Waals surface area contributed by atoms with Crippen molar-refractivity contribution in [2.24, 2.45) is 5.73 Å². The summed E-state index contributed by atoms with van der Waals surface area (Å²) >= 11 is 3.22. The van der Waals surface area contributed by atoms with Gasteiger partial charge in [0.05, 0.1) is 18.2 Å². The Morgan fingerprint density at radius 2 is 2.20 bits per heavy atom. The maximum atomic E-state index is 9.56. The molecule has 0 aromatic heterocycles. The number of halogens is 1. The molecule has 0 fully saturated rings. The molecule has 0 aliphatic carbocycles. The van der Waals surface area contributed by atoms with E-state index in [1.165, 1.54) is 7.11 Å². The van der Waals surface area contributed by atoms with Crippen LogP contribution in [0.25, 0.3) is 0 Å². The number of phenolic OH excluding ortho intramolecular Hbond substituents is 1. The average molecular weight is 276 g/mol. The lowest BCUT2D eigenvalue weighted by Gasteiger charge is -2.11. The predicted octanol–water partition coefficient (Wildman–Crippen LogP) is 1.03. The van der Waals surface area contributed by atoms with Crippen LogP contribution in [0.1, 0.15) is 5.56 Å². The maximum Gasteiger partial charge on any atom is 0.172 e. The fraction of sp³-hybridized carbons (Fsp3) is 0.400. The molecule has 84 valence electrons. The molecule has 15 heavy (non-hydrogen) atoms. The Balaban J connectivity index is 2.95. The van der Waals surface area contributed by atoms with E-state index >= 15 is 0 Å². The highest BCUT2D eigenvalue weighted by molar-refractivity contribution is 9.10. The summed E-state index contributed by atoms with van der Waals surface area (Å²) in [6.07, 6.45) is 0.533. The molecule has 4 N–H and O–H groups in total. The van der Waals surface area contributed by atoms with Crippen molar-refractivity contribution in [2.45, 2.75) is 12.5 Å². The molecule has 1 aromatic rings. The van der Waals surface area contributed by atoms with Crippen molar-refractivity contribution < 1.29 is 14.9 Å². The molecular formula is C10H14BrNO3. The summed E-state index contributed by atoms with van der Waals surface area (Å²) in [5, 5.41) is 18.4. The molecule has 5 heteroatoms. The van der Waals surface area contributed by atoms with Gasteiger partial charge in [-0.05, 0) is 40.0 Å². The summed E-state index contributed by atoms with van der Waals surface area (Å²) in [5.41, 5.74) is 6.52. The first-order valence-electron chi connectivity index (χ1n) is 4.50. The third-order valence-electron chi connectivity index (χ3n) is 2.04. The molecule has 1 rings (SSSR count). The molecule has 1 unspecified atom stereocenters. The fourth-order valence-corrected chi connectivity index (χ4v) is 1.76. The molecule has 0 amide bonds. The highest BCUT2D eigenvalue weighted by Gasteiger charge is 2.10. The van der Waals surface area contributed by atoms with E-state index in [2.05, 4.69) is 15.9 Å². The van der Waals surface area contributed by atoms with Gasteiger partial charge in [0.2, 0.25) is 0 Å². The minimum Gasteiger partial charge on any atom is -0.503 e. The van der Waals surface area contributed by atoms with Crippen LogP contribution in [0, 0.1) is 0 Å². The molecule has 0 aliphatic rings. The lowest BCUT2D eigenvalue weighted by atomic mass is 10.1. The second-order valence-electron chi connectivity index (χ2n) is 3.28. The molecule has 0 aliphatic heterocycles. The van der Waals surface area contributed by atoms with Gasteiger partial charge in [-0.15, -0.1) is 0 Å². The topological polar surface area (TPSA) is 75.7 Å². The Morgan fingerprint density at radius 1 is 1.53 bits per heavy atom. The Bertz CT molecular complexity index is 344. The first kappa shape index (κ1) is 12.3. The minimum absolute atomic E-state index is 0.0684. The van der Waals surface area contributed by atoms with Crippen LogP contribution in [0.15, 0.2) is 16.6 Å². The normalized spacial score (nSPS) is 12.5. The van der Waals surface area contributed by atoms with E-state index in [1.807, 2.05) is 0 Å². The molecule has 0 radical (unpaired) electrons. The number of methoxy groups -OCH3 is 1. The van der Waals surface area contributed by atoms with E-state index in [4.69, 9.17) is 15.6 Å². The molecule has 0 heterocycles. The molecule has 0 spiro atoms. The second-order valence-corrected chi connectivity index (χ2v) is 4.13. The lowest BCUT2D eigenvalue weighted by Crippen LogP contribution is -2.26. The van der Waals surface area contributed by atoms with Crippen molar-refractivity contribution in [3.05, 3.63) is 22.2 Å². The monoisotopic (exact) mass is 275 g/mol. The van der Waals surface area contributed by atoms with E-state index in [0.717, 1.165) is 5.56 Å². The van der Waals surface area contributed by atoms with Crippen LogP contribution in [0.4, 0.5) is 0 Å². The standard InChI is InChI=1S/C10H14BrNO3/c1-15-9-4-6(2-7(12)5-13)3-8(11)10(9)14/h3-4,7,13-14H,2,5,12H2,1H3. The summed E-state index contributed by atoms with van der Waals surface area (Å²) in [5.74, 6) is 0.461. The van der Waals surface area contributed by atoms with Gasteiger partial charge in [-0.1, -0.05) is 0 Å². The number of ether oxygens (including phenoxy) is 1. The number of rotatable bonds is 4. The highest BCUT2D eigenvalue weighted by atomic mass is 79.9. The second kappa shape index (κ2) is 5.34. The third-order valence-corrected chi connectivity index (χ3v) is 2.65. The fourth-order valence-electron chi connectivity index (χ4n) is 1.27. The Morgan fingerprint density at radius 3 is 2.73 bits per heavy atom. The van der Waals surface area contributed by atoms with Crippen LogP contribution in [0.2, 0.25) is 0 Å². The van der Waals surface area contributed by atoms with Gasteiger partial charge in [0, 0.05) is 6.04 Å². The lowest BCUT2D eigenvalue weighted by molar-refractivity contribution is 0.265. The van der Waals surface area contributed by atoms with Gasteiger partial charge in [-0.3, -0.25) is 0 Å². The largest absolute Gasteiger partial charge is 0.503 e. The van der Waals surface area contributed by atoms with E-state index in [1.54, 1.807) is 12.1 Å². The summed E-state index contributed by atoms with van der Waals surface area (Å²) < 4.78 is 5.56. The number of benzene rings is 1. The van der Waals surface area contributed by atoms with E-state index in [9.17, 15) is 5.11 Å². The van der Waals surface area contributed by atoms with Crippen LogP contribution >= 0.6 is 15.9 Å². The van der Waals surface area contributed by atoms with Gasteiger partial charge >= 0.3 is 0 Å². The molecule has 1 atom stereocenters. The van der Waals surface area contributed by atoms with Gasteiger partial charge < -0.3 is 20.7 Å². The zero-order valence-electron chi connectivity index (χ0n) is 8.40. The van der Waals surface area contributed by atoms with Crippen LogP contribution in [-0.4, -0.2) is 30.0 Å². The minimum atomic E-state index is -0.300. The van der Waals surface area contributed by atoms with Gasteiger partial charge in [0.15, 0.2) is 11.5 Å². The van der Waals surface area contributed by atoms with Crippen molar-refractivity contribution in [2.75, 3.05) is 13.7 Å². The smallest absolute Gasteiger partial charge is 0.172 e. The zero-order valence-corrected chi connectivity index (χ0v) is 9.99. The SMILES string of the molecule is COc1cc(CC(N)CO)cc(Br)c1O. The first-order valence-corrected chi connectivity index (χ1v) is 5.29. The zero-order chi connectivity index (χ0) is 11.4. The molecule has 0 saturated heterocycles. The summed E-state index contributed by atoms with van der Waals surface area (Å²) in [4.78, 5) is 0. The molecule has 4 nitrogen and oxygen atoms in total. The number of nitrogens with two attached hydrogens (primary N) is 1. The number of hydrogen-bond acceptors (Lipinski definition) is 4. The molecule has 0 bridgehead atoms. The van der Waals surface area contributed by atoms with Gasteiger partial charge in [-0.2, -0.15) is 0 Å². The quantitative estimate of drug-likeness (QED) is 0.767. The first-order chi connectivity index (χ1) is 7.08. The van der Waals surface area contributed by atoms with Gasteiger partial charge in [0.25, 0.3) is 0 Å². The summed E-state index contributed by atoms with van der Waals surface area (Å²) in [7, 11) is 1.48. The molecular weight excluding hydrogens is 262 g/mol. The van der Waals surface area contributed by atoms with Crippen LogP contribution in [0.3, 0.4) is 0 Å². The number of phenols is 1.